The van der Waals surface area contributed by atoms with Gasteiger partial charge in [0.2, 0.25) is 0 Å². The largest absolute Gasteiger partial charge is 0.314 e. The molecule has 9 rings (SSSR count). The molecule has 2 atom stereocenters. The van der Waals surface area contributed by atoms with Crippen LogP contribution < -0.4 is 4.90 Å². The molecule has 2 fully saturated rings. The molecule has 264 valence electrons. The molecule has 3 aliphatic heterocycles. The number of hydrogen-bond donors (Lipinski definition) is 0. The predicted molar refractivity (Wildman–Crippen MR) is 207 cm³/mol. The molecule has 0 aliphatic carbocycles. The highest BCUT2D eigenvalue weighted by atomic mass is 17.2. The zero-order chi connectivity index (χ0) is 36.4. The number of ketones is 1. The zero-order valence-electron chi connectivity index (χ0n) is 30.6. The number of carbonyl (C=O) groups excluding carboxylic acids is 1. The fourth-order valence-corrected chi connectivity index (χ4v) is 8.94. The number of ether oxygens (including phenoxy) is 1. The topological polar surface area (TPSA) is 48.0 Å². The molecule has 6 aromatic carbocycles. The fraction of sp³-hybridized carbons (Fsp3) is 0.229. The maximum absolute atomic E-state index is 15.9. The van der Waals surface area contributed by atoms with Crippen LogP contribution in [0, 0.1) is 33.1 Å². The van der Waals surface area contributed by atoms with E-state index in [9.17, 15) is 0 Å². The predicted octanol–water partition coefficient (Wildman–Crippen LogP) is 10.4. The molecule has 0 bridgehead atoms. The Morgan fingerprint density at radius 3 is 1.45 bits per heavy atom. The summed E-state index contributed by atoms with van der Waals surface area (Å²) in [5.41, 5.74) is 7.30. The van der Waals surface area contributed by atoms with Gasteiger partial charge in [-0.1, -0.05) is 162 Å². The standard InChI is InChI=1S/C48H43NO4/c1-33-14-22-38(23-15-33)46(39-24-16-34(2)17-25-39)31-45-32-47(40-26-18-35(3)19-27-40,41-28-20-36(4)21-29-41)52-53-48(45,51-46)49(30-37-10-6-5-7-11-37)43-13-9-8-12-42(43)44(45)50/h5-29H,30-32H2,1-4H3. The van der Waals surface area contributed by atoms with E-state index < -0.39 is 22.5 Å². The summed E-state index contributed by atoms with van der Waals surface area (Å²) in [6.07, 6.45) is 0.609. The van der Waals surface area contributed by atoms with Crippen LogP contribution in [-0.4, -0.2) is 11.7 Å². The van der Waals surface area contributed by atoms with Crippen LogP contribution in [0.25, 0.3) is 0 Å². The molecule has 0 aromatic heterocycles. The molecule has 53 heavy (non-hydrogen) atoms. The number of aryl methyl sites for hydroxylation is 4. The van der Waals surface area contributed by atoms with Crippen molar-refractivity contribution >= 4 is 11.5 Å². The highest BCUT2D eigenvalue weighted by molar-refractivity contribution is 6.08. The Balaban J connectivity index is 1.36. The van der Waals surface area contributed by atoms with Gasteiger partial charge in [-0.15, -0.1) is 0 Å². The maximum atomic E-state index is 15.9. The van der Waals surface area contributed by atoms with E-state index >= 15 is 4.79 Å². The average Bonchev–Trinajstić information content (AvgIpc) is 3.51. The van der Waals surface area contributed by atoms with Gasteiger partial charge >= 0.3 is 0 Å². The number of nitrogens with zero attached hydrogens (tertiary/aromatic N) is 1. The molecule has 0 amide bonds. The number of Topliss-reactive ketones (excluding diaryl/α,β-unsaturated/α-hetero) is 1. The monoisotopic (exact) mass is 697 g/mol. The van der Waals surface area contributed by atoms with Crippen molar-refractivity contribution in [3.63, 3.8) is 0 Å². The second kappa shape index (κ2) is 12.4. The Kier molecular flexibility index (Phi) is 7.83. The van der Waals surface area contributed by atoms with Gasteiger partial charge in [-0.3, -0.25) is 4.79 Å². The van der Waals surface area contributed by atoms with E-state index in [1.807, 2.05) is 42.5 Å². The third kappa shape index (κ3) is 5.06. The Morgan fingerprint density at radius 1 is 0.509 bits per heavy atom. The first-order valence-corrected chi connectivity index (χ1v) is 18.5. The Labute approximate surface area is 311 Å². The second-order valence-electron chi connectivity index (χ2n) is 15.3. The van der Waals surface area contributed by atoms with Crippen LogP contribution in [0.4, 0.5) is 5.69 Å². The number of hydrogen-bond acceptors (Lipinski definition) is 5. The number of carbonyl (C=O) groups is 1. The Morgan fingerprint density at radius 2 is 0.943 bits per heavy atom. The summed E-state index contributed by atoms with van der Waals surface area (Å²) < 4.78 is 7.76. The lowest BCUT2D eigenvalue weighted by Crippen LogP contribution is -2.70. The molecule has 0 saturated carbocycles. The van der Waals surface area contributed by atoms with Crippen LogP contribution in [0.5, 0.6) is 0 Å². The van der Waals surface area contributed by atoms with Crippen molar-refractivity contribution in [1.82, 2.24) is 0 Å². The average molecular weight is 698 g/mol. The van der Waals surface area contributed by atoms with Crippen molar-refractivity contribution in [2.24, 2.45) is 5.41 Å². The van der Waals surface area contributed by atoms with E-state index in [0.29, 0.717) is 18.5 Å². The van der Waals surface area contributed by atoms with E-state index in [1.165, 1.54) is 0 Å². The van der Waals surface area contributed by atoms with Gasteiger partial charge < -0.3 is 9.64 Å². The maximum Gasteiger partial charge on any atom is 0.296 e. The fourth-order valence-electron chi connectivity index (χ4n) is 8.94. The minimum Gasteiger partial charge on any atom is -0.314 e. The molecular weight excluding hydrogens is 655 g/mol. The lowest BCUT2D eigenvalue weighted by atomic mass is 9.60. The lowest BCUT2D eigenvalue weighted by molar-refractivity contribution is -0.506. The van der Waals surface area contributed by atoms with Crippen molar-refractivity contribution < 1.29 is 19.3 Å². The number of benzene rings is 6. The quantitative estimate of drug-likeness (QED) is 0.162. The smallest absolute Gasteiger partial charge is 0.296 e. The van der Waals surface area contributed by atoms with Crippen molar-refractivity contribution in [1.29, 1.82) is 0 Å². The summed E-state index contributed by atoms with van der Waals surface area (Å²) in [4.78, 5) is 32.2. The molecule has 3 heterocycles. The van der Waals surface area contributed by atoms with E-state index in [4.69, 9.17) is 14.5 Å². The van der Waals surface area contributed by atoms with Crippen LogP contribution in [0.2, 0.25) is 0 Å². The summed E-state index contributed by atoms with van der Waals surface area (Å²) in [6.45, 7) is 8.76. The molecule has 3 aliphatic rings. The van der Waals surface area contributed by atoms with Gasteiger partial charge in [0.05, 0.1) is 5.69 Å². The number of fused-ring (bicyclic) bond motifs is 1. The molecule has 0 N–H and O–H groups in total. The molecular formula is C48H43NO4. The minimum absolute atomic E-state index is 0.00888. The molecule has 0 spiro atoms. The van der Waals surface area contributed by atoms with Gasteiger partial charge in [0, 0.05) is 24.9 Å². The van der Waals surface area contributed by atoms with E-state index in [1.54, 1.807) is 0 Å². The lowest BCUT2D eigenvalue weighted by Gasteiger charge is -2.58. The van der Waals surface area contributed by atoms with Crippen LogP contribution in [0.1, 0.15) is 73.3 Å². The van der Waals surface area contributed by atoms with Crippen molar-refractivity contribution in [2.75, 3.05) is 4.90 Å². The molecule has 5 nitrogen and oxygen atoms in total. The number of anilines is 1. The highest BCUT2D eigenvalue weighted by Crippen LogP contribution is 2.70. The van der Waals surface area contributed by atoms with E-state index in [2.05, 4.69) is 142 Å². The first-order chi connectivity index (χ1) is 25.7. The molecule has 2 saturated heterocycles. The Bertz CT molecular complexity index is 2210. The summed E-state index contributed by atoms with van der Waals surface area (Å²) in [5.74, 6) is -1.66. The zero-order valence-corrected chi connectivity index (χ0v) is 30.6. The van der Waals surface area contributed by atoms with Crippen LogP contribution in [0.3, 0.4) is 0 Å². The van der Waals surface area contributed by atoms with Crippen LogP contribution in [-0.2, 0) is 32.3 Å². The van der Waals surface area contributed by atoms with Crippen molar-refractivity contribution in [3.05, 3.63) is 207 Å². The third-order valence-electron chi connectivity index (χ3n) is 11.8. The molecule has 5 heteroatoms. The minimum atomic E-state index is -1.65. The SMILES string of the molecule is Cc1ccc(C2(c3ccc(C)cc3)CC34CC(c5ccc(C)cc5)(c5ccc(C)cc5)OC3(OO2)N(Cc2ccccc2)c2ccccc2C4=O)cc1. The van der Waals surface area contributed by atoms with Gasteiger partial charge in [0.25, 0.3) is 5.91 Å². The summed E-state index contributed by atoms with van der Waals surface area (Å²) in [5, 5.41) is 0. The molecule has 0 radical (unpaired) electrons. The van der Waals surface area contributed by atoms with Crippen LogP contribution >= 0.6 is 0 Å². The normalized spacial score (nSPS) is 22.5. The van der Waals surface area contributed by atoms with Gasteiger partial charge in [0.1, 0.15) is 11.0 Å². The first kappa shape index (κ1) is 33.5. The number of rotatable bonds is 6. The van der Waals surface area contributed by atoms with Gasteiger partial charge in [-0.05, 0) is 67.6 Å². The van der Waals surface area contributed by atoms with E-state index in [0.717, 1.165) is 55.8 Å². The van der Waals surface area contributed by atoms with Gasteiger partial charge in [-0.2, -0.15) is 4.89 Å². The van der Waals surface area contributed by atoms with Gasteiger partial charge in [0.15, 0.2) is 11.4 Å². The van der Waals surface area contributed by atoms with Crippen molar-refractivity contribution in [2.45, 2.75) is 64.2 Å². The number of para-hydroxylation sites is 1. The van der Waals surface area contributed by atoms with Crippen molar-refractivity contribution in [3.8, 4) is 0 Å². The van der Waals surface area contributed by atoms with Crippen LogP contribution in [0.15, 0.2) is 152 Å². The molecule has 2 unspecified atom stereocenters. The summed E-state index contributed by atoms with van der Waals surface area (Å²) in [7, 11) is 0. The second-order valence-corrected chi connectivity index (χ2v) is 15.3. The highest BCUT2D eigenvalue weighted by Gasteiger charge is 2.79. The summed E-state index contributed by atoms with van der Waals surface area (Å²) >= 11 is 0. The molecule has 6 aromatic rings. The Hall–Kier alpha value is -5.33. The third-order valence-corrected chi connectivity index (χ3v) is 11.8. The van der Waals surface area contributed by atoms with Gasteiger partial charge in [-0.25, -0.2) is 4.89 Å². The first-order valence-electron chi connectivity index (χ1n) is 18.5. The summed E-state index contributed by atoms with van der Waals surface area (Å²) in [6, 6.07) is 52.0. The van der Waals surface area contributed by atoms with E-state index in [-0.39, 0.29) is 12.2 Å².